The topological polar surface area (TPSA) is 43.1 Å². The number of benzene rings is 3. The van der Waals surface area contributed by atoms with Crippen LogP contribution in [0.1, 0.15) is 15.9 Å². The average Bonchev–Trinajstić information content (AvgIpc) is 2.47. The second kappa shape index (κ2) is 4.82. The lowest BCUT2D eigenvalue weighted by Gasteiger charge is -2.11. The third-order valence-corrected chi connectivity index (χ3v) is 3.53. The molecule has 0 aromatic heterocycles. The molecule has 1 amide bonds. The lowest BCUT2D eigenvalue weighted by atomic mass is 9.92. The quantitative estimate of drug-likeness (QED) is 0.746. The van der Waals surface area contributed by atoms with Crippen LogP contribution in [0, 0.1) is 6.92 Å². The number of primary amides is 1. The minimum absolute atomic E-state index is 0.397. The number of hydrogen-bond donors (Lipinski definition) is 1. The predicted octanol–water partition coefficient (Wildman–Crippen LogP) is 3.91. The molecule has 98 valence electrons. The molecule has 3 rings (SSSR count). The van der Waals surface area contributed by atoms with Gasteiger partial charge >= 0.3 is 0 Å². The second-order valence-electron chi connectivity index (χ2n) is 4.94. The van der Waals surface area contributed by atoms with Crippen molar-refractivity contribution in [1.29, 1.82) is 0 Å². The minimum Gasteiger partial charge on any atom is -0.366 e. The summed E-state index contributed by atoms with van der Waals surface area (Å²) in [6.45, 7) is 2.04. The van der Waals surface area contributed by atoms with Crippen molar-refractivity contribution in [2.45, 2.75) is 6.92 Å². The molecule has 0 saturated heterocycles. The van der Waals surface area contributed by atoms with Crippen LogP contribution in [-0.2, 0) is 0 Å². The summed E-state index contributed by atoms with van der Waals surface area (Å²) in [7, 11) is 0. The molecule has 0 fully saturated rings. The summed E-state index contributed by atoms with van der Waals surface area (Å²) >= 11 is 0. The molecule has 20 heavy (non-hydrogen) atoms. The molecule has 2 nitrogen and oxygen atoms in total. The molecule has 0 radical (unpaired) electrons. The zero-order valence-electron chi connectivity index (χ0n) is 11.3. The maximum Gasteiger partial charge on any atom is 0.249 e. The molecule has 2 heteroatoms. The van der Waals surface area contributed by atoms with Gasteiger partial charge in [-0.15, -0.1) is 0 Å². The molecular weight excluding hydrogens is 246 g/mol. The summed E-state index contributed by atoms with van der Waals surface area (Å²) in [6.07, 6.45) is 0. The van der Waals surface area contributed by atoms with Gasteiger partial charge in [0.25, 0.3) is 0 Å². The number of aryl methyl sites for hydroxylation is 1. The third kappa shape index (κ3) is 2.05. The van der Waals surface area contributed by atoms with Crippen LogP contribution in [0.2, 0.25) is 0 Å². The van der Waals surface area contributed by atoms with Gasteiger partial charge in [0.1, 0.15) is 0 Å². The number of carbonyl (C=O) groups is 1. The molecule has 0 aliphatic rings. The van der Waals surface area contributed by atoms with Crippen LogP contribution in [0.25, 0.3) is 21.9 Å². The lowest BCUT2D eigenvalue weighted by Crippen LogP contribution is -2.12. The Balaban J connectivity index is 2.38. The molecule has 2 N–H and O–H groups in total. The van der Waals surface area contributed by atoms with Crippen LogP contribution in [-0.4, -0.2) is 5.91 Å². The van der Waals surface area contributed by atoms with Gasteiger partial charge in [0.15, 0.2) is 0 Å². The van der Waals surface area contributed by atoms with Crippen LogP contribution < -0.4 is 5.73 Å². The van der Waals surface area contributed by atoms with E-state index >= 15 is 0 Å². The first-order valence-corrected chi connectivity index (χ1v) is 6.55. The largest absolute Gasteiger partial charge is 0.366 e. The second-order valence-corrected chi connectivity index (χ2v) is 4.94. The standard InChI is InChI=1S/C18H15NO/c1-12-6-8-14(9-7-12)17-15-5-3-2-4-13(15)10-11-16(17)18(19)20/h2-11H,1H3,(H2,19,20). The fourth-order valence-electron chi connectivity index (χ4n) is 2.51. The molecule has 0 atom stereocenters. The molecular formula is C18H15NO. The molecule has 0 aliphatic heterocycles. The number of carbonyl (C=O) groups excluding carboxylic acids is 1. The van der Waals surface area contributed by atoms with Gasteiger partial charge in [0.05, 0.1) is 0 Å². The molecule has 3 aromatic carbocycles. The van der Waals surface area contributed by atoms with Crippen molar-refractivity contribution in [2.75, 3.05) is 0 Å². The van der Waals surface area contributed by atoms with Gasteiger partial charge < -0.3 is 5.73 Å². The summed E-state index contributed by atoms with van der Waals surface area (Å²) < 4.78 is 0. The van der Waals surface area contributed by atoms with E-state index in [2.05, 4.69) is 0 Å². The first-order chi connectivity index (χ1) is 9.66. The van der Waals surface area contributed by atoms with Gasteiger partial charge in [-0.2, -0.15) is 0 Å². The van der Waals surface area contributed by atoms with Gasteiger partial charge in [-0.25, -0.2) is 0 Å². The zero-order valence-corrected chi connectivity index (χ0v) is 11.3. The van der Waals surface area contributed by atoms with Gasteiger partial charge in [-0.05, 0) is 29.3 Å². The van der Waals surface area contributed by atoms with E-state index in [9.17, 15) is 4.79 Å². The highest BCUT2D eigenvalue weighted by Crippen LogP contribution is 2.32. The van der Waals surface area contributed by atoms with Gasteiger partial charge in [-0.1, -0.05) is 60.2 Å². The summed E-state index contributed by atoms with van der Waals surface area (Å²) in [6, 6.07) is 19.9. The first-order valence-electron chi connectivity index (χ1n) is 6.55. The normalized spacial score (nSPS) is 10.7. The van der Waals surface area contributed by atoms with E-state index in [1.54, 1.807) is 6.07 Å². The molecule has 0 saturated carbocycles. The van der Waals surface area contributed by atoms with Crippen LogP contribution in [0.5, 0.6) is 0 Å². The Kier molecular flexibility index (Phi) is 2.99. The van der Waals surface area contributed by atoms with E-state index in [0.29, 0.717) is 5.56 Å². The highest BCUT2D eigenvalue weighted by molar-refractivity contribution is 6.09. The van der Waals surface area contributed by atoms with Crippen molar-refractivity contribution in [3.63, 3.8) is 0 Å². The first kappa shape index (κ1) is 12.4. The maximum atomic E-state index is 11.7. The van der Waals surface area contributed by atoms with E-state index in [-0.39, 0.29) is 0 Å². The van der Waals surface area contributed by atoms with E-state index in [1.165, 1.54) is 5.56 Å². The summed E-state index contributed by atoms with van der Waals surface area (Å²) in [4.78, 5) is 11.7. The number of nitrogens with two attached hydrogens (primary N) is 1. The molecule has 0 aliphatic carbocycles. The van der Waals surface area contributed by atoms with Crippen LogP contribution in [0.4, 0.5) is 0 Å². The Morgan fingerprint density at radius 1 is 0.900 bits per heavy atom. The van der Waals surface area contributed by atoms with E-state index in [4.69, 9.17) is 5.73 Å². The minimum atomic E-state index is -0.397. The number of rotatable bonds is 2. The highest BCUT2D eigenvalue weighted by atomic mass is 16.1. The Bertz CT molecular complexity index is 788. The lowest BCUT2D eigenvalue weighted by molar-refractivity contribution is 0.100. The van der Waals surface area contributed by atoms with Gasteiger partial charge in [0, 0.05) is 11.1 Å². The maximum absolute atomic E-state index is 11.7. The Hall–Kier alpha value is -2.61. The highest BCUT2D eigenvalue weighted by Gasteiger charge is 2.13. The summed E-state index contributed by atoms with van der Waals surface area (Å²) in [5, 5.41) is 2.15. The predicted molar refractivity (Wildman–Crippen MR) is 82.6 cm³/mol. The zero-order chi connectivity index (χ0) is 14.1. The van der Waals surface area contributed by atoms with Crippen molar-refractivity contribution in [3.8, 4) is 11.1 Å². The average molecular weight is 261 g/mol. The van der Waals surface area contributed by atoms with Crippen molar-refractivity contribution < 1.29 is 4.79 Å². The van der Waals surface area contributed by atoms with E-state index in [1.807, 2.05) is 61.5 Å². The molecule has 0 bridgehead atoms. The molecule has 3 aromatic rings. The third-order valence-electron chi connectivity index (χ3n) is 3.53. The Morgan fingerprint density at radius 3 is 2.30 bits per heavy atom. The SMILES string of the molecule is Cc1ccc(-c2c(C(N)=O)ccc3ccccc23)cc1. The number of amides is 1. The van der Waals surface area contributed by atoms with Crippen LogP contribution in [0.15, 0.2) is 60.7 Å². The Labute approximate surface area is 117 Å². The van der Waals surface area contributed by atoms with Gasteiger partial charge in [0.2, 0.25) is 5.91 Å². The Morgan fingerprint density at radius 2 is 1.60 bits per heavy atom. The van der Waals surface area contributed by atoms with Gasteiger partial charge in [-0.3, -0.25) is 4.79 Å². The van der Waals surface area contributed by atoms with Crippen LogP contribution in [0.3, 0.4) is 0 Å². The fraction of sp³-hybridized carbons (Fsp3) is 0.0556. The van der Waals surface area contributed by atoms with Crippen molar-refractivity contribution >= 4 is 16.7 Å². The summed E-state index contributed by atoms with van der Waals surface area (Å²) in [5.74, 6) is -0.397. The monoisotopic (exact) mass is 261 g/mol. The molecule has 0 unspecified atom stereocenters. The van der Waals surface area contributed by atoms with E-state index in [0.717, 1.165) is 21.9 Å². The summed E-state index contributed by atoms with van der Waals surface area (Å²) in [5.41, 5.74) is 9.21. The fourth-order valence-corrected chi connectivity index (χ4v) is 2.51. The number of hydrogen-bond acceptors (Lipinski definition) is 1. The van der Waals surface area contributed by atoms with Crippen molar-refractivity contribution in [2.24, 2.45) is 5.73 Å². The number of fused-ring (bicyclic) bond motifs is 1. The smallest absolute Gasteiger partial charge is 0.249 e. The van der Waals surface area contributed by atoms with Crippen molar-refractivity contribution in [1.82, 2.24) is 0 Å². The molecule has 0 heterocycles. The van der Waals surface area contributed by atoms with Crippen molar-refractivity contribution in [3.05, 3.63) is 71.8 Å². The van der Waals surface area contributed by atoms with Crippen LogP contribution >= 0.6 is 0 Å². The molecule has 0 spiro atoms. The van der Waals surface area contributed by atoms with E-state index < -0.39 is 5.91 Å².